The first kappa shape index (κ1) is 14.8. The van der Waals surface area contributed by atoms with E-state index in [1.165, 1.54) is 5.56 Å². The number of nitrogens with one attached hydrogen (secondary N) is 1. The van der Waals surface area contributed by atoms with Gasteiger partial charge in [0.05, 0.1) is 7.11 Å². The molecule has 4 heteroatoms. The van der Waals surface area contributed by atoms with Gasteiger partial charge in [0, 0.05) is 36.2 Å². The van der Waals surface area contributed by atoms with E-state index in [0.717, 1.165) is 42.8 Å². The standard InChI is InChI=1S/C15H23BrN2O/c1-4-15(2)11-17-7-8-18(15)10-12-9-13(19-3)5-6-14(12)16/h5-6,9,17H,4,7-8,10-11H2,1-3H3. The van der Waals surface area contributed by atoms with Crippen molar-refractivity contribution in [2.24, 2.45) is 0 Å². The number of halogens is 1. The highest BCUT2D eigenvalue weighted by Gasteiger charge is 2.32. The van der Waals surface area contributed by atoms with Gasteiger partial charge in [-0.15, -0.1) is 0 Å². The molecule has 1 saturated heterocycles. The molecule has 0 aromatic heterocycles. The minimum Gasteiger partial charge on any atom is -0.497 e. The molecule has 0 amide bonds. The molecule has 0 saturated carbocycles. The van der Waals surface area contributed by atoms with Crippen LogP contribution in [0.1, 0.15) is 25.8 Å². The molecule has 1 unspecified atom stereocenters. The minimum atomic E-state index is 0.237. The number of ether oxygens (including phenoxy) is 1. The fourth-order valence-electron chi connectivity index (χ4n) is 2.58. The van der Waals surface area contributed by atoms with E-state index < -0.39 is 0 Å². The highest BCUT2D eigenvalue weighted by atomic mass is 79.9. The summed E-state index contributed by atoms with van der Waals surface area (Å²) in [4.78, 5) is 2.57. The molecule has 1 atom stereocenters. The normalized spacial score (nSPS) is 24.4. The van der Waals surface area contributed by atoms with E-state index in [2.05, 4.69) is 52.1 Å². The third-order valence-electron chi connectivity index (χ3n) is 4.20. The fraction of sp³-hybridized carbons (Fsp3) is 0.600. The lowest BCUT2D eigenvalue weighted by molar-refractivity contribution is 0.0635. The van der Waals surface area contributed by atoms with Crippen molar-refractivity contribution in [3.63, 3.8) is 0 Å². The van der Waals surface area contributed by atoms with Crippen LogP contribution in [0.5, 0.6) is 5.75 Å². The summed E-state index contributed by atoms with van der Waals surface area (Å²) in [5.41, 5.74) is 1.53. The number of rotatable bonds is 4. The van der Waals surface area contributed by atoms with Crippen molar-refractivity contribution in [2.45, 2.75) is 32.4 Å². The van der Waals surface area contributed by atoms with Crippen LogP contribution in [-0.4, -0.2) is 37.2 Å². The third-order valence-corrected chi connectivity index (χ3v) is 4.98. The van der Waals surface area contributed by atoms with Gasteiger partial charge >= 0.3 is 0 Å². The first-order chi connectivity index (χ1) is 9.09. The van der Waals surface area contributed by atoms with Crippen molar-refractivity contribution in [1.29, 1.82) is 0 Å². The van der Waals surface area contributed by atoms with Crippen LogP contribution in [0.25, 0.3) is 0 Å². The lowest BCUT2D eigenvalue weighted by atomic mass is 9.93. The van der Waals surface area contributed by atoms with Crippen molar-refractivity contribution in [1.82, 2.24) is 10.2 Å². The molecular formula is C15H23BrN2O. The second-order valence-corrected chi connectivity index (χ2v) is 6.26. The summed E-state index contributed by atoms with van der Waals surface area (Å²) >= 11 is 3.65. The zero-order valence-corrected chi connectivity index (χ0v) is 13.6. The number of benzene rings is 1. The van der Waals surface area contributed by atoms with Gasteiger partial charge in [0.25, 0.3) is 0 Å². The van der Waals surface area contributed by atoms with Crippen LogP contribution in [0, 0.1) is 0 Å². The van der Waals surface area contributed by atoms with Crippen molar-refractivity contribution < 1.29 is 4.74 Å². The van der Waals surface area contributed by atoms with Gasteiger partial charge in [-0.05, 0) is 37.1 Å². The molecule has 1 heterocycles. The van der Waals surface area contributed by atoms with Crippen molar-refractivity contribution in [3.8, 4) is 5.75 Å². The molecule has 0 bridgehead atoms. The predicted octanol–water partition coefficient (Wildman–Crippen LogP) is 3.03. The van der Waals surface area contributed by atoms with Crippen molar-refractivity contribution in [3.05, 3.63) is 28.2 Å². The highest BCUT2D eigenvalue weighted by Crippen LogP contribution is 2.28. The number of methoxy groups -OCH3 is 1. The second-order valence-electron chi connectivity index (χ2n) is 5.41. The van der Waals surface area contributed by atoms with Crippen LogP contribution in [0.4, 0.5) is 0 Å². The molecule has 0 aliphatic carbocycles. The lowest BCUT2D eigenvalue weighted by Gasteiger charge is -2.45. The zero-order valence-electron chi connectivity index (χ0n) is 12.0. The molecular weight excluding hydrogens is 304 g/mol. The summed E-state index contributed by atoms with van der Waals surface area (Å²) in [6, 6.07) is 6.19. The number of nitrogens with zero attached hydrogens (tertiary/aromatic N) is 1. The Morgan fingerprint density at radius 2 is 2.26 bits per heavy atom. The van der Waals surface area contributed by atoms with Gasteiger partial charge < -0.3 is 10.1 Å². The van der Waals surface area contributed by atoms with Gasteiger partial charge in [0.2, 0.25) is 0 Å². The SMILES string of the molecule is CCC1(C)CNCCN1Cc1cc(OC)ccc1Br. The summed E-state index contributed by atoms with van der Waals surface area (Å²) in [5.74, 6) is 0.923. The van der Waals surface area contributed by atoms with E-state index >= 15 is 0 Å². The van der Waals surface area contributed by atoms with Gasteiger partial charge in [-0.3, -0.25) is 4.90 Å². The quantitative estimate of drug-likeness (QED) is 0.920. The first-order valence-electron chi connectivity index (χ1n) is 6.87. The average Bonchev–Trinajstić information content (AvgIpc) is 2.43. The first-order valence-corrected chi connectivity index (χ1v) is 7.66. The maximum atomic E-state index is 5.33. The van der Waals surface area contributed by atoms with Crippen LogP contribution >= 0.6 is 15.9 Å². The second kappa shape index (κ2) is 6.25. The molecule has 1 fully saturated rings. The number of hydrogen-bond donors (Lipinski definition) is 1. The smallest absolute Gasteiger partial charge is 0.119 e. The van der Waals surface area contributed by atoms with E-state index in [4.69, 9.17) is 4.74 Å². The summed E-state index contributed by atoms with van der Waals surface area (Å²) in [6.07, 6.45) is 1.15. The fourth-order valence-corrected chi connectivity index (χ4v) is 2.95. The zero-order chi connectivity index (χ0) is 13.9. The molecule has 19 heavy (non-hydrogen) atoms. The molecule has 1 aliphatic rings. The Kier molecular flexibility index (Phi) is 4.87. The summed E-state index contributed by atoms with van der Waals surface area (Å²) < 4.78 is 6.48. The third kappa shape index (κ3) is 3.30. The Hall–Kier alpha value is -0.580. The molecule has 106 valence electrons. The van der Waals surface area contributed by atoms with Crippen molar-refractivity contribution in [2.75, 3.05) is 26.7 Å². The lowest BCUT2D eigenvalue weighted by Crippen LogP contribution is -2.58. The van der Waals surface area contributed by atoms with E-state index in [1.807, 2.05) is 6.07 Å². The minimum absolute atomic E-state index is 0.237. The topological polar surface area (TPSA) is 24.5 Å². The summed E-state index contributed by atoms with van der Waals surface area (Å²) in [5, 5.41) is 3.50. The largest absolute Gasteiger partial charge is 0.497 e. The van der Waals surface area contributed by atoms with Crippen LogP contribution in [0.2, 0.25) is 0 Å². The van der Waals surface area contributed by atoms with Gasteiger partial charge in [0.1, 0.15) is 5.75 Å². The van der Waals surface area contributed by atoms with Gasteiger partial charge in [-0.25, -0.2) is 0 Å². The number of hydrogen-bond acceptors (Lipinski definition) is 3. The van der Waals surface area contributed by atoms with Crippen LogP contribution < -0.4 is 10.1 Å². The van der Waals surface area contributed by atoms with Crippen LogP contribution in [0.15, 0.2) is 22.7 Å². The Balaban J connectivity index is 2.19. The van der Waals surface area contributed by atoms with E-state index in [0.29, 0.717) is 0 Å². The van der Waals surface area contributed by atoms with Crippen LogP contribution in [0.3, 0.4) is 0 Å². The molecule has 0 radical (unpaired) electrons. The number of piperazine rings is 1. The Labute approximate surface area is 124 Å². The van der Waals surface area contributed by atoms with Gasteiger partial charge in [-0.2, -0.15) is 0 Å². The van der Waals surface area contributed by atoms with Crippen LogP contribution in [-0.2, 0) is 6.54 Å². The van der Waals surface area contributed by atoms with Gasteiger partial charge in [0.15, 0.2) is 0 Å². The molecule has 1 aromatic rings. The van der Waals surface area contributed by atoms with E-state index in [9.17, 15) is 0 Å². The molecule has 1 aliphatic heterocycles. The molecule has 0 spiro atoms. The molecule has 1 N–H and O–H groups in total. The Morgan fingerprint density at radius 1 is 1.47 bits per heavy atom. The summed E-state index contributed by atoms with van der Waals surface area (Å²) in [7, 11) is 1.72. The maximum Gasteiger partial charge on any atom is 0.119 e. The molecule has 2 rings (SSSR count). The maximum absolute atomic E-state index is 5.33. The van der Waals surface area contributed by atoms with E-state index in [1.54, 1.807) is 7.11 Å². The van der Waals surface area contributed by atoms with Crippen molar-refractivity contribution >= 4 is 15.9 Å². The Morgan fingerprint density at radius 3 is 2.95 bits per heavy atom. The molecule has 1 aromatic carbocycles. The van der Waals surface area contributed by atoms with Gasteiger partial charge in [-0.1, -0.05) is 22.9 Å². The molecule has 3 nitrogen and oxygen atoms in total. The Bertz CT molecular complexity index is 438. The average molecular weight is 327 g/mol. The monoisotopic (exact) mass is 326 g/mol. The van der Waals surface area contributed by atoms with E-state index in [-0.39, 0.29) is 5.54 Å². The highest BCUT2D eigenvalue weighted by molar-refractivity contribution is 9.10. The summed E-state index contributed by atoms with van der Waals surface area (Å²) in [6.45, 7) is 8.79. The predicted molar refractivity (Wildman–Crippen MR) is 82.7 cm³/mol.